The second-order valence-corrected chi connectivity index (χ2v) is 8.53. The van der Waals surface area contributed by atoms with Crippen LogP contribution in [0.15, 0.2) is 77.4 Å². The van der Waals surface area contributed by atoms with E-state index in [1.54, 1.807) is 36.4 Å². The van der Waals surface area contributed by atoms with Gasteiger partial charge in [-0.15, -0.1) is 0 Å². The van der Waals surface area contributed by atoms with Crippen LogP contribution in [0, 0.1) is 5.82 Å². The maximum absolute atomic E-state index is 13.5. The minimum atomic E-state index is -0.550. The Bertz CT molecular complexity index is 1540. The molecule has 4 rings (SSSR count). The molecule has 8 heteroatoms. The molecule has 0 atom stereocenters. The van der Waals surface area contributed by atoms with E-state index in [-0.39, 0.29) is 23.7 Å². The number of allylic oxidation sites excluding steroid dienone is 1. The van der Waals surface area contributed by atoms with Gasteiger partial charge < -0.3 is 20.8 Å². The molecule has 3 amide bonds. The van der Waals surface area contributed by atoms with Crippen LogP contribution in [-0.4, -0.2) is 24.8 Å². The van der Waals surface area contributed by atoms with Gasteiger partial charge in [0.15, 0.2) is 0 Å². The lowest BCUT2D eigenvalue weighted by atomic mass is 9.93. The number of nitrogens with one attached hydrogen (secondary N) is 2. The van der Waals surface area contributed by atoms with Gasteiger partial charge in [-0.1, -0.05) is 25.6 Å². The van der Waals surface area contributed by atoms with Crippen LogP contribution in [0.2, 0.25) is 0 Å². The summed E-state index contributed by atoms with van der Waals surface area (Å²) in [6.45, 7) is 5.70. The largest absolute Gasteiger partial charge is 0.455 e. The van der Waals surface area contributed by atoms with Crippen LogP contribution in [0.4, 0.5) is 4.39 Å². The highest BCUT2D eigenvalue weighted by Crippen LogP contribution is 2.38. The van der Waals surface area contributed by atoms with Crippen LogP contribution < -0.4 is 16.4 Å². The summed E-state index contributed by atoms with van der Waals surface area (Å²) >= 11 is 0. The fourth-order valence-electron chi connectivity index (χ4n) is 4.09. The molecule has 0 unspecified atom stereocenters. The standard InChI is InChI=1S/C29H26FN3O4/c1-4-16(2)33-28(35)19-7-5-6-18(12-19)22-15-23-24(13-20(22)14-25(31)34)37-27(26(23)29(36)32-3)17-8-10-21(30)11-9-17/h5-13,15H,2,4,14H2,1,3H3,(H2,31,34)(H,32,36)(H,33,35). The molecule has 3 aromatic carbocycles. The zero-order valence-electron chi connectivity index (χ0n) is 20.5. The predicted molar refractivity (Wildman–Crippen MR) is 140 cm³/mol. The molecule has 4 aromatic rings. The molecule has 4 N–H and O–H groups in total. The Balaban J connectivity index is 1.94. The van der Waals surface area contributed by atoms with Gasteiger partial charge in [0.05, 0.1) is 12.0 Å². The molecule has 0 spiro atoms. The minimum absolute atomic E-state index is 0.0871. The second-order valence-electron chi connectivity index (χ2n) is 8.53. The molecule has 0 saturated carbocycles. The number of hydrogen-bond donors (Lipinski definition) is 3. The van der Waals surface area contributed by atoms with Crippen molar-refractivity contribution in [3.8, 4) is 22.5 Å². The van der Waals surface area contributed by atoms with E-state index in [1.165, 1.54) is 31.3 Å². The Morgan fingerprint density at radius 2 is 1.73 bits per heavy atom. The van der Waals surface area contributed by atoms with Gasteiger partial charge in [0.2, 0.25) is 5.91 Å². The average Bonchev–Trinajstić information content (AvgIpc) is 3.26. The van der Waals surface area contributed by atoms with Crippen molar-refractivity contribution in [2.24, 2.45) is 5.73 Å². The second kappa shape index (κ2) is 10.5. The van der Waals surface area contributed by atoms with Gasteiger partial charge in [0.25, 0.3) is 11.8 Å². The van der Waals surface area contributed by atoms with Crippen LogP contribution in [0.3, 0.4) is 0 Å². The van der Waals surface area contributed by atoms with Crippen molar-refractivity contribution in [1.82, 2.24) is 10.6 Å². The first-order valence-corrected chi connectivity index (χ1v) is 11.7. The molecule has 0 aliphatic heterocycles. The highest BCUT2D eigenvalue weighted by atomic mass is 19.1. The van der Waals surface area contributed by atoms with Crippen molar-refractivity contribution in [2.75, 3.05) is 7.05 Å². The molecule has 37 heavy (non-hydrogen) atoms. The van der Waals surface area contributed by atoms with E-state index < -0.39 is 17.6 Å². The summed E-state index contributed by atoms with van der Waals surface area (Å²) in [7, 11) is 1.50. The number of carbonyl (C=O) groups is 3. The van der Waals surface area contributed by atoms with Gasteiger partial charge in [-0.25, -0.2) is 4.39 Å². The predicted octanol–water partition coefficient (Wildman–Crippen LogP) is 4.95. The number of carbonyl (C=O) groups excluding carboxylic acids is 3. The topological polar surface area (TPSA) is 114 Å². The Kier molecular flexibility index (Phi) is 7.20. The summed E-state index contributed by atoms with van der Waals surface area (Å²) in [5.41, 5.74) is 9.52. The number of primary amides is 1. The number of halogens is 1. The number of furan rings is 1. The SMILES string of the molecule is C=C(CC)NC(=O)c1cccc(-c2cc3c(C(=O)NC)c(-c4ccc(F)cc4)oc3cc2CC(N)=O)c1. The van der Waals surface area contributed by atoms with E-state index in [2.05, 4.69) is 17.2 Å². The molecule has 0 radical (unpaired) electrons. The molecular weight excluding hydrogens is 473 g/mol. The summed E-state index contributed by atoms with van der Waals surface area (Å²) in [6.07, 6.45) is 0.514. The third kappa shape index (κ3) is 5.28. The zero-order valence-corrected chi connectivity index (χ0v) is 20.5. The number of amides is 3. The van der Waals surface area contributed by atoms with Gasteiger partial charge >= 0.3 is 0 Å². The van der Waals surface area contributed by atoms with Crippen molar-refractivity contribution in [1.29, 1.82) is 0 Å². The monoisotopic (exact) mass is 499 g/mol. The Morgan fingerprint density at radius 1 is 1.00 bits per heavy atom. The molecule has 0 aliphatic rings. The van der Waals surface area contributed by atoms with Crippen molar-refractivity contribution in [2.45, 2.75) is 19.8 Å². The van der Waals surface area contributed by atoms with Gasteiger partial charge in [-0.05, 0) is 71.6 Å². The molecule has 0 aliphatic carbocycles. The van der Waals surface area contributed by atoms with E-state index in [1.807, 2.05) is 6.92 Å². The lowest BCUT2D eigenvalue weighted by Crippen LogP contribution is -2.21. The summed E-state index contributed by atoms with van der Waals surface area (Å²) in [5, 5.41) is 5.88. The smallest absolute Gasteiger partial charge is 0.255 e. The van der Waals surface area contributed by atoms with Gasteiger partial charge in [0, 0.05) is 29.3 Å². The maximum atomic E-state index is 13.5. The van der Waals surface area contributed by atoms with Crippen LogP contribution in [0.25, 0.3) is 33.4 Å². The molecule has 1 aromatic heterocycles. The quantitative estimate of drug-likeness (QED) is 0.318. The normalized spacial score (nSPS) is 10.8. The van der Waals surface area contributed by atoms with Crippen molar-refractivity contribution >= 4 is 28.7 Å². The van der Waals surface area contributed by atoms with Crippen molar-refractivity contribution < 1.29 is 23.2 Å². The van der Waals surface area contributed by atoms with Crippen LogP contribution in [0.5, 0.6) is 0 Å². The van der Waals surface area contributed by atoms with Crippen molar-refractivity contribution in [3.05, 3.63) is 95.4 Å². The number of benzene rings is 3. The first-order valence-electron chi connectivity index (χ1n) is 11.7. The molecule has 0 fully saturated rings. The minimum Gasteiger partial charge on any atom is -0.455 e. The summed E-state index contributed by atoms with van der Waals surface area (Å²) in [4.78, 5) is 37.6. The molecular formula is C29H26FN3O4. The maximum Gasteiger partial charge on any atom is 0.255 e. The summed E-state index contributed by atoms with van der Waals surface area (Å²) in [6, 6.07) is 15.9. The van der Waals surface area contributed by atoms with E-state index in [0.29, 0.717) is 50.9 Å². The molecule has 7 nitrogen and oxygen atoms in total. The highest BCUT2D eigenvalue weighted by Gasteiger charge is 2.24. The van der Waals surface area contributed by atoms with Crippen LogP contribution in [0.1, 0.15) is 39.6 Å². The molecule has 1 heterocycles. The number of rotatable bonds is 8. The van der Waals surface area contributed by atoms with Gasteiger partial charge in [-0.2, -0.15) is 0 Å². The Hall–Kier alpha value is -4.72. The molecule has 0 saturated heterocycles. The fourth-order valence-corrected chi connectivity index (χ4v) is 4.09. The van der Waals surface area contributed by atoms with E-state index in [9.17, 15) is 18.8 Å². The average molecular weight is 500 g/mol. The summed E-state index contributed by atoms with van der Waals surface area (Å²) in [5.74, 6) is -1.40. The highest BCUT2D eigenvalue weighted by molar-refractivity contribution is 6.12. The Labute approximate surface area is 213 Å². The third-order valence-electron chi connectivity index (χ3n) is 5.99. The first kappa shape index (κ1) is 25.4. The number of fused-ring (bicyclic) bond motifs is 1. The third-order valence-corrected chi connectivity index (χ3v) is 5.99. The Morgan fingerprint density at radius 3 is 2.38 bits per heavy atom. The lowest BCUT2D eigenvalue weighted by molar-refractivity contribution is -0.117. The van der Waals surface area contributed by atoms with E-state index in [0.717, 1.165) is 0 Å². The van der Waals surface area contributed by atoms with E-state index >= 15 is 0 Å². The fraction of sp³-hybridized carbons (Fsp3) is 0.138. The zero-order chi connectivity index (χ0) is 26.7. The van der Waals surface area contributed by atoms with E-state index in [4.69, 9.17) is 10.2 Å². The molecule has 0 bridgehead atoms. The summed E-state index contributed by atoms with van der Waals surface area (Å²) < 4.78 is 19.6. The van der Waals surface area contributed by atoms with Crippen LogP contribution in [-0.2, 0) is 11.2 Å². The van der Waals surface area contributed by atoms with Crippen LogP contribution >= 0.6 is 0 Å². The first-order chi connectivity index (χ1) is 17.7. The van der Waals surface area contributed by atoms with Gasteiger partial charge in [-0.3, -0.25) is 14.4 Å². The number of hydrogen-bond acceptors (Lipinski definition) is 4. The number of nitrogens with two attached hydrogens (primary N) is 1. The van der Waals surface area contributed by atoms with Crippen molar-refractivity contribution in [3.63, 3.8) is 0 Å². The molecule has 188 valence electrons. The van der Waals surface area contributed by atoms with Gasteiger partial charge in [0.1, 0.15) is 17.2 Å². The lowest BCUT2D eigenvalue weighted by Gasteiger charge is -2.12.